The van der Waals surface area contributed by atoms with Gasteiger partial charge < -0.3 is 20.3 Å². The van der Waals surface area contributed by atoms with Crippen LogP contribution in [0.15, 0.2) is 0 Å². The van der Waals surface area contributed by atoms with Crippen LogP contribution >= 0.6 is 0 Å². The Labute approximate surface area is 122 Å². The van der Waals surface area contributed by atoms with Gasteiger partial charge in [-0.25, -0.2) is 4.79 Å². The van der Waals surface area contributed by atoms with Crippen LogP contribution in [0.3, 0.4) is 0 Å². The average molecular weight is 283 g/mol. The maximum atomic E-state index is 11.7. The fourth-order valence-electron chi connectivity index (χ4n) is 3.11. The minimum atomic E-state index is -0.437. The molecule has 0 aromatic heterocycles. The molecule has 2 heterocycles. The summed E-state index contributed by atoms with van der Waals surface area (Å²) in [5, 5.41) is 6.51. The first kappa shape index (κ1) is 15.6. The zero-order chi connectivity index (χ0) is 14.8. The third-order valence-electron chi connectivity index (χ3n) is 4.08. The summed E-state index contributed by atoms with van der Waals surface area (Å²) in [5.74, 6) is 0.789. The third kappa shape index (κ3) is 4.63. The molecule has 4 atom stereocenters. The van der Waals surface area contributed by atoms with E-state index in [1.807, 2.05) is 27.7 Å². The largest absolute Gasteiger partial charge is 0.444 e. The van der Waals surface area contributed by atoms with E-state index in [1.165, 1.54) is 32.5 Å². The van der Waals surface area contributed by atoms with Crippen LogP contribution in [-0.2, 0) is 4.74 Å². The van der Waals surface area contributed by atoms with Gasteiger partial charge in [0.1, 0.15) is 5.60 Å². The first-order chi connectivity index (χ1) is 9.33. The van der Waals surface area contributed by atoms with Gasteiger partial charge in [-0.05, 0) is 59.5 Å². The molecule has 5 heteroatoms. The number of hydrogen-bond donors (Lipinski definition) is 2. The van der Waals surface area contributed by atoms with Crippen LogP contribution in [0.25, 0.3) is 0 Å². The fraction of sp³-hybridized carbons (Fsp3) is 0.933. The number of ether oxygens (including phenoxy) is 1. The van der Waals surface area contributed by atoms with E-state index in [0.29, 0.717) is 6.04 Å². The molecule has 1 amide bonds. The summed E-state index contributed by atoms with van der Waals surface area (Å²) in [6, 6.07) is 0.695. The molecule has 0 aromatic carbocycles. The third-order valence-corrected chi connectivity index (χ3v) is 4.08. The van der Waals surface area contributed by atoms with Crippen molar-refractivity contribution in [2.24, 2.45) is 5.92 Å². The molecule has 5 nitrogen and oxygen atoms in total. The minimum absolute atomic E-state index is 0.0873. The molecule has 2 rings (SSSR count). The highest BCUT2D eigenvalue weighted by atomic mass is 16.6. The van der Waals surface area contributed by atoms with Crippen molar-refractivity contribution in [3.63, 3.8) is 0 Å². The van der Waals surface area contributed by atoms with Gasteiger partial charge in [-0.3, -0.25) is 0 Å². The first-order valence-corrected chi connectivity index (χ1v) is 7.79. The Morgan fingerprint density at radius 3 is 2.75 bits per heavy atom. The van der Waals surface area contributed by atoms with Gasteiger partial charge in [-0.1, -0.05) is 0 Å². The van der Waals surface area contributed by atoms with E-state index < -0.39 is 5.60 Å². The van der Waals surface area contributed by atoms with Gasteiger partial charge >= 0.3 is 6.09 Å². The Morgan fingerprint density at radius 2 is 2.05 bits per heavy atom. The average Bonchev–Trinajstić information content (AvgIpc) is 2.68. The number of carbonyl (C=O) groups excluding carboxylic acids is 1. The van der Waals surface area contributed by atoms with Crippen molar-refractivity contribution in [1.29, 1.82) is 0 Å². The Kier molecular flexibility index (Phi) is 4.91. The number of alkyl carbamates (subject to hydrolysis) is 1. The van der Waals surface area contributed by atoms with Crippen molar-refractivity contribution in [3.05, 3.63) is 0 Å². The number of nitrogens with zero attached hydrogens (tertiary/aromatic N) is 1. The summed E-state index contributed by atoms with van der Waals surface area (Å²) >= 11 is 0. The van der Waals surface area contributed by atoms with Gasteiger partial charge in [-0.15, -0.1) is 0 Å². The molecule has 2 aliphatic heterocycles. The SMILES string of the molecule is CC(CNC1CCN2CCC1C2)NC(=O)OC(C)(C)C. The summed E-state index contributed by atoms with van der Waals surface area (Å²) in [6.07, 6.45) is 2.21. The maximum absolute atomic E-state index is 11.7. The molecule has 0 saturated carbocycles. The maximum Gasteiger partial charge on any atom is 0.407 e. The molecule has 2 bridgehead atoms. The Morgan fingerprint density at radius 1 is 1.35 bits per heavy atom. The highest BCUT2D eigenvalue weighted by Crippen LogP contribution is 2.26. The molecule has 0 spiro atoms. The standard InChI is InChI=1S/C15H29N3O2/c1-11(17-14(19)20-15(2,3)4)9-16-13-6-8-18-7-5-12(13)10-18/h11-13,16H,5-10H2,1-4H3,(H,17,19). The lowest BCUT2D eigenvalue weighted by molar-refractivity contribution is 0.0506. The highest BCUT2D eigenvalue weighted by Gasteiger charge is 2.33. The number of nitrogens with one attached hydrogen (secondary N) is 2. The monoisotopic (exact) mass is 283 g/mol. The van der Waals surface area contributed by atoms with Crippen molar-refractivity contribution in [1.82, 2.24) is 15.5 Å². The Hall–Kier alpha value is -0.810. The van der Waals surface area contributed by atoms with Crippen molar-refractivity contribution in [2.75, 3.05) is 26.2 Å². The molecular weight excluding hydrogens is 254 g/mol. The van der Waals surface area contributed by atoms with Crippen LogP contribution in [0, 0.1) is 5.92 Å². The fourth-order valence-corrected chi connectivity index (χ4v) is 3.11. The van der Waals surface area contributed by atoms with Crippen molar-refractivity contribution >= 4 is 6.09 Å². The lowest BCUT2D eigenvalue weighted by atomic mass is 9.94. The van der Waals surface area contributed by atoms with Gasteiger partial charge in [0, 0.05) is 25.2 Å². The molecular formula is C15H29N3O2. The lowest BCUT2D eigenvalue weighted by Crippen LogP contribution is -2.49. The van der Waals surface area contributed by atoms with E-state index in [-0.39, 0.29) is 12.1 Å². The highest BCUT2D eigenvalue weighted by molar-refractivity contribution is 5.68. The molecule has 4 unspecified atom stereocenters. The minimum Gasteiger partial charge on any atom is -0.444 e. The zero-order valence-electron chi connectivity index (χ0n) is 13.2. The molecule has 0 radical (unpaired) electrons. The molecule has 20 heavy (non-hydrogen) atoms. The summed E-state index contributed by atoms with van der Waals surface area (Å²) < 4.78 is 5.26. The predicted octanol–water partition coefficient (Wildman–Crippen LogP) is 1.58. The van der Waals surface area contributed by atoms with E-state index in [4.69, 9.17) is 4.74 Å². The number of hydrogen-bond acceptors (Lipinski definition) is 4. The number of fused-ring (bicyclic) bond motifs is 2. The molecule has 0 aliphatic carbocycles. The number of carbonyl (C=O) groups is 1. The zero-order valence-corrected chi connectivity index (χ0v) is 13.2. The van der Waals surface area contributed by atoms with E-state index in [1.54, 1.807) is 0 Å². The quantitative estimate of drug-likeness (QED) is 0.822. The second-order valence-corrected chi connectivity index (χ2v) is 7.20. The van der Waals surface area contributed by atoms with Crippen molar-refractivity contribution in [3.8, 4) is 0 Å². The van der Waals surface area contributed by atoms with Crippen LogP contribution < -0.4 is 10.6 Å². The van der Waals surface area contributed by atoms with E-state index in [9.17, 15) is 4.79 Å². The Bertz CT molecular complexity index is 341. The van der Waals surface area contributed by atoms with Gasteiger partial charge in [0.05, 0.1) is 0 Å². The van der Waals surface area contributed by atoms with Crippen LogP contribution in [0.2, 0.25) is 0 Å². The number of piperidine rings is 1. The topological polar surface area (TPSA) is 53.6 Å². The molecule has 116 valence electrons. The van der Waals surface area contributed by atoms with Crippen LogP contribution in [0.4, 0.5) is 4.79 Å². The smallest absolute Gasteiger partial charge is 0.407 e. The first-order valence-electron chi connectivity index (χ1n) is 7.79. The van der Waals surface area contributed by atoms with Crippen LogP contribution in [-0.4, -0.2) is 54.9 Å². The van der Waals surface area contributed by atoms with E-state index in [0.717, 1.165) is 12.5 Å². The second kappa shape index (κ2) is 6.31. The van der Waals surface area contributed by atoms with E-state index >= 15 is 0 Å². The normalized spacial score (nSPS) is 30.9. The number of amides is 1. The van der Waals surface area contributed by atoms with Crippen molar-refractivity contribution < 1.29 is 9.53 Å². The predicted molar refractivity (Wildman–Crippen MR) is 79.8 cm³/mol. The lowest BCUT2D eigenvalue weighted by Gasteiger charge is -2.32. The molecule has 2 N–H and O–H groups in total. The summed E-state index contributed by atoms with van der Waals surface area (Å²) in [4.78, 5) is 14.2. The summed E-state index contributed by atoms with van der Waals surface area (Å²) in [5.41, 5.74) is -0.437. The van der Waals surface area contributed by atoms with Gasteiger partial charge in [0.2, 0.25) is 0 Å². The summed E-state index contributed by atoms with van der Waals surface area (Å²) in [6.45, 7) is 12.2. The van der Waals surface area contributed by atoms with E-state index in [2.05, 4.69) is 15.5 Å². The van der Waals surface area contributed by atoms with Crippen molar-refractivity contribution in [2.45, 2.75) is 58.2 Å². The van der Waals surface area contributed by atoms with Crippen LogP contribution in [0.5, 0.6) is 0 Å². The number of rotatable bonds is 4. The molecule has 2 saturated heterocycles. The summed E-state index contributed by atoms with van der Waals surface area (Å²) in [7, 11) is 0. The molecule has 2 fully saturated rings. The van der Waals surface area contributed by atoms with Crippen LogP contribution in [0.1, 0.15) is 40.5 Å². The van der Waals surface area contributed by atoms with Gasteiger partial charge in [0.15, 0.2) is 0 Å². The Balaban J connectivity index is 1.67. The molecule has 2 aliphatic rings. The second-order valence-electron chi connectivity index (χ2n) is 7.20. The molecule has 0 aromatic rings. The van der Waals surface area contributed by atoms with Gasteiger partial charge in [-0.2, -0.15) is 0 Å². The van der Waals surface area contributed by atoms with Gasteiger partial charge in [0.25, 0.3) is 0 Å².